The number of aryl methyl sites for hydroxylation is 3. The molecule has 0 N–H and O–H groups in total. The van der Waals surface area contributed by atoms with E-state index in [1.807, 2.05) is 0 Å². The Hall–Kier alpha value is -1.61. The molecule has 2 aliphatic rings. The molecule has 0 bridgehead atoms. The summed E-state index contributed by atoms with van der Waals surface area (Å²) in [6, 6.07) is 7.65. The van der Waals surface area contributed by atoms with E-state index in [0.29, 0.717) is 6.04 Å². The molecule has 0 radical (unpaired) electrons. The van der Waals surface area contributed by atoms with Crippen LogP contribution in [-0.4, -0.2) is 28.8 Å². The third-order valence-electron chi connectivity index (χ3n) is 5.41. The zero-order valence-corrected chi connectivity index (χ0v) is 13.9. The van der Waals surface area contributed by atoms with E-state index in [2.05, 4.69) is 48.9 Å². The molecule has 0 amide bonds. The van der Waals surface area contributed by atoms with Gasteiger partial charge in [-0.15, -0.1) is 0 Å². The van der Waals surface area contributed by atoms with Crippen LogP contribution in [0.5, 0.6) is 0 Å². The Labute approximate surface area is 132 Å². The Balaban J connectivity index is 1.82. The Bertz CT molecular complexity index is 712. The Kier molecular flexibility index (Phi) is 3.33. The summed E-state index contributed by atoms with van der Waals surface area (Å²) in [7, 11) is 6.49. The third kappa shape index (κ3) is 2.11. The first-order valence-electron chi connectivity index (χ1n) is 8.49. The van der Waals surface area contributed by atoms with E-state index in [9.17, 15) is 0 Å². The molecule has 0 fully saturated rings. The van der Waals surface area contributed by atoms with E-state index in [0.717, 1.165) is 6.42 Å². The van der Waals surface area contributed by atoms with Crippen molar-refractivity contribution in [2.24, 2.45) is 7.05 Å². The summed E-state index contributed by atoms with van der Waals surface area (Å²) in [6.45, 7) is 0. The first-order chi connectivity index (χ1) is 10.6. The van der Waals surface area contributed by atoms with Crippen molar-refractivity contribution in [2.45, 2.75) is 44.6 Å². The van der Waals surface area contributed by atoms with E-state index in [1.165, 1.54) is 65.7 Å². The average molecular weight is 295 g/mol. The molecule has 3 nitrogen and oxygen atoms in total. The van der Waals surface area contributed by atoms with Crippen molar-refractivity contribution in [3.63, 3.8) is 0 Å². The highest BCUT2D eigenvalue weighted by Gasteiger charge is 2.26. The maximum absolute atomic E-state index is 4.78. The van der Waals surface area contributed by atoms with E-state index in [1.54, 1.807) is 0 Å². The van der Waals surface area contributed by atoms with Crippen LogP contribution in [0.15, 0.2) is 18.2 Å². The maximum atomic E-state index is 4.78. The zero-order chi connectivity index (χ0) is 15.3. The van der Waals surface area contributed by atoms with Crippen molar-refractivity contribution in [1.29, 1.82) is 0 Å². The quantitative estimate of drug-likeness (QED) is 0.845. The normalized spacial score (nSPS) is 20.3. The minimum Gasteiger partial charge on any atom is -0.302 e. The zero-order valence-electron chi connectivity index (χ0n) is 13.9. The molecule has 0 aliphatic heterocycles. The van der Waals surface area contributed by atoms with Gasteiger partial charge in [0.2, 0.25) is 0 Å². The van der Waals surface area contributed by atoms with Crippen LogP contribution in [0.4, 0.5) is 0 Å². The van der Waals surface area contributed by atoms with E-state index in [-0.39, 0.29) is 0 Å². The van der Waals surface area contributed by atoms with Crippen LogP contribution in [0.3, 0.4) is 0 Å². The summed E-state index contributed by atoms with van der Waals surface area (Å²) in [5, 5.41) is 4.78. The SMILES string of the molecule is CN(C)C1CCc2ccc(-c3c4c(nn3C)CCCC4)cc21. The smallest absolute Gasteiger partial charge is 0.0713 e. The highest BCUT2D eigenvalue weighted by molar-refractivity contribution is 5.67. The van der Waals surface area contributed by atoms with Gasteiger partial charge in [0.05, 0.1) is 11.4 Å². The van der Waals surface area contributed by atoms with Gasteiger partial charge in [0.1, 0.15) is 0 Å². The van der Waals surface area contributed by atoms with Gasteiger partial charge in [-0.2, -0.15) is 5.10 Å². The number of hydrogen-bond donors (Lipinski definition) is 0. The summed E-state index contributed by atoms with van der Waals surface area (Å²) in [6.07, 6.45) is 7.38. The van der Waals surface area contributed by atoms with Gasteiger partial charge in [0.15, 0.2) is 0 Å². The number of rotatable bonds is 2. The second-order valence-electron chi connectivity index (χ2n) is 7.04. The molecular weight excluding hydrogens is 270 g/mol. The van der Waals surface area contributed by atoms with Crippen LogP contribution < -0.4 is 0 Å². The number of fused-ring (bicyclic) bond motifs is 2. The van der Waals surface area contributed by atoms with Crippen molar-refractivity contribution < 1.29 is 0 Å². The van der Waals surface area contributed by atoms with Gasteiger partial charge in [-0.1, -0.05) is 12.1 Å². The van der Waals surface area contributed by atoms with E-state index in [4.69, 9.17) is 5.10 Å². The van der Waals surface area contributed by atoms with Crippen LogP contribution in [0.2, 0.25) is 0 Å². The van der Waals surface area contributed by atoms with Crippen LogP contribution in [-0.2, 0) is 26.3 Å². The van der Waals surface area contributed by atoms with Crippen LogP contribution in [0.1, 0.15) is 47.7 Å². The van der Waals surface area contributed by atoms with Gasteiger partial charge in [-0.3, -0.25) is 4.68 Å². The predicted molar refractivity (Wildman–Crippen MR) is 90.0 cm³/mol. The molecule has 2 aliphatic carbocycles. The lowest BCUT2D eigenvalue weighted by Gasteiger charge is -2.21. The molecule has 1 heterocycles. The molecule has 1 aromatic carbocycles. The largest absolute Gasteiger partial charge is 0.302 e. The monoisotopic (exact) mass is 295 g/mol. The molecule has 0 saturated heterocycles. The van der Waals surface area contributed by atoms with Gasteiger partial charge in [0.25, 0.3) is 0 Å². The minimum atomic E-state index is 0.569. The summed E-state index contributed by atoms with van der Waals surface area (Å²) in [4.78, 5) is 2.36. The highest BCUT2D eigenvalue weighted by atomic mass is 15.3. The van der Waals surface area contributed by atoms with Crippen LogP contribution >= 0.6 is 0 Å². The maximum Gasteiger partial charge on any atom is 0.0713 e. The lowest BCUT2D eigenvalue weighted by molar-refractivity contribution is 0.299. The van der Waals surface area contributed by atoms with Crippen molar-refractivity contribution in [2.75, 3.05) is 14.1 Å². The summed E-state index contributed by atoms with van der Waals surface area (Å²) in [5.41, 5.74) is 8.57. The Morgan fingerprint density at radius 1 is 1.14 bits per heavy atom. The first-order valence-corrected chi connectivity index (χ1v) is 8.49. The summed E-state index contributed by atoms with van der Waals surface area (Å²) >= 11 is 0. The average Bonchev–Trinajstić information content (AvgIpc) is 3.06. The number of benzene rings is 1. The lowest BCUT2D eigenvalue weighted by atomic mass is 9.92. The summed E-state index contributed by atoms with van der Waals surface area (Å²) < 4.78 is 2.11. The van der Waals surface area contributed by atoms with Gasteiger partial charge in [-0.25, -0.2) is 0 Å². The molecule has 0 spiro atoms. The Morgan fingerprint density at radius 2 is 1.95 bits per heavy atom. The van der Waals surface area contributed by atoms with Gasteiger partial charge in [0, 0.05) is 24.2 Å². The van der Waals surface area contributed by atoms with Crippen LogP contribution in [0, 0.1) is 0 Å². The molecule has 116 valence electrons. The fourth-order valence-electron chi connectivity index (χ4n) is 4.31. The predicted octanol–water partition coefficient (Wildman–Crippen LogP) is 3.51. The standard InChI is InChI=1S/C19H25N3/c1-21(2)18-11-10-13-8-9-14(12-16(13)18)19-15-6-4-5-7-17(15)20-22(19)3/h8-9,12,18H,4-7,10-11H2,1-3H3. The van der Waals surface area contributed by atoms with Gasteiger partial charge < -0.3 is 4.90 Å². The highest BCUT2D eigenvalue weighted by Crippen LogP contribution is 2.38. The fourth-order valence-corrected chi connectivity index (χ4v) is 4.31. The molecule has 2 aromatic rings. The molecule has 3 heteroatoms. The second kappa shape index (κ2) is 5.24. The van der Waals surface area contributed by atoms with Crippen molar-refractivity contribution >= 4 is 0 Å². The third-order valence-corrected chi connectivity index (χ3v) is 5.41. The van der Waals surface area contributed by atoms with Gasteiger partial charge >= 0.3 is 0 Å². The number of nitrogens with zero attached hydrogens (tertiary/aromatic N) is 3. The molecule has 1 unspecified atom stereocenters. The Morgan fingerprint density at radius 3 is 2.77 bits per heavy atom. The first kappa shape index (κ1) is 14.0. The molecule has 1 aromatic heterocycles. The number of aromatic nitrogens is 2. The fraction of sp³-hybridized carbons (Fsp3) is 0.526. The topological polar surface area (TPSA) is 21.1 Å². The molecule has 22 heavy (non-hydrogen) atoms. The minimum absolute atomic E-state index is 0.569. The van der Waals surface area contributed by atoms with Crippen molar-refractivity contribution in [1.82, 2.24) is 14.7 Å². The molecule has 0 saturated carbocycles. The molecule has 1 atom stereocenters. The number of hydrogen-bond acceptors (Lipinski definition) is 2. The second-order valence-corrected chi connectivity index (χ2v) is 7.04. The summed E-state index contributed by atoms with van der Waals surface area (Å²) in [5.74, 6) is 0. The van der Waals surface area contributed by atoms with Crippen molar-refractivity contribution in [3.8, 4) is 11.3 Å². The van der Waals surface area contributed by atoms with E-state index >= 15 is 0 Å². The molecular formula is C19H25N3. The van der Waals surface area contributed by atoms with Crippen molar-refractivity contribution in [3.05, 3.63) is 40.6 Å². The molecule has 4 rings (SSSR count). The lowest BCUT2D eigenvalue weighted by Crippen LogP contribution is -2.17. The van der Waals surface area contributed by atoms with Crippen LogP contribution in [0.25, 0.3) is 11.3 Å². The van der Waals surface area contributed by atoms with Gasteiger partial charge in [-0.05, 0) is 69.8 Å². The van der Waals surface area contributed by atoms with E-state index < -0.39 is 0 Å².